The maximum Gasteiger partial charge on any atom is 0.472 e. The van der Waals surface area contributed by atoms with E-state index in [9.17, 15) is 19.4 Å². The Hall–Kier alpha value is -3.10. The van der Waals surface area contributed by atoms with Crippen LogP contribution in [0.1, 0.15) is 328 Å². The summed E-state index contributed by atoms with van der Waals surface area (Å²) in [6.45, 7) is 4.71. The number of nitrogens with zero attached hydrogens (tertiary/aromatic N) is 1. The summed E-state index contributed by atoms with van der Waals surface area (Å²) in [5, 5.41) is 14.0. The van der Waals surface area contributed by atoms with Crippen LogP contribution in [-0.2, 0) is 18.4 Å². The van der Waals surface area contributed by atoms with E-state index >= 15 is 0 Å². The van der Waals surface area contributed by atoms with E-state index < -0.39 is 20.0 Å². The smallest absolute Gasteiger partial charge is 0.387 e. The van der Waals surface area contributed by atoms with Crippen LogP contribution in [0.25, 0.3) is 0 Å². The van der Waals surface area contributed by atoms with Crippen molar-refractivity contribution in [2.75, 3.05) is 40.9 Å². The lowest BCUT2D eigenvalue weighted by Crippen LogP contribution is -2.45. The largest absolute Gasteiger partial charge is 0.472 e. The number of phosphoric ester groups is 1. The number of allylic oxidation sites excluding steroid dienone is 19. The highest BCUT2D eigenvalue weighted by molar-refractivity contribution is 7.47. The number of unbranched alkanes of at least 4 members (excludes halogenated alkanes) is 37. The Morgan fingerprint density at radius 3 is 1.03 bits per heavy atom. The lowest BCUT2D eigenvalue weighted by molar-refractivity contribution is -0.870. The van der Waals surface area contributed by atoms with Crippen molar-refractivity contribution in [1.29, 1.82) is 0 Å². The van der Waals surface area contributed by atoms with Gasteiger partial charge in [0.15, 0.2) is 0 Å². The number of rotatable bonds is 68. The van der Waals surface area contributed by atoms with Crippen LogP contribution in [0, 0.1) is 0 Å². The van der Waals surface area contributed by atoms with E-state index in [1.54, 1.807) is 6.08 Å². The first kappa shape index (κ1) is 85.9. The van der Waals surface area contributed by atoms with Crippen LogP contribution >= 0.6 is 7.82 Å². The predicted octanol–water partition coefficient (Wildman–Crippen LogP) is 24.4. The number of aliphatic hydroxyl groups excluding tert-OH is 1. The Labute approximate surface area is 552 Å². The van der Waals surface area contributed by atoms with E-state index in [0.29, 0.717) is 17.4 Å². The molecule has 514 valence electrons. The van der Waals surface area contributed by atoms with E-state index in [1.807, 2.05) is 27.2 Å². The molecule has 3 N–H and O–H groups in total. The van der Waals surface area contributed by atoms with Gasteiger partial charge in [-0.05, 0) is 96.3 Å². The molecule has 0 aliphatic rings. The molecule has 3 unspecified atom stereocenters. The summed E-state index contributed by atoms with van der Waals surface area (Å²) in [5.41, 5.74) is 0. The highest BCUT2D eigenvalue weighted by Gasteiger charge is 2.28. The first-order valence-corrected chi connectivity index (χ1v) is 38.9. The molecule has 0 radical (unpaired) electrons. The third-order valence-corrected chi connectivity index (χ3v) is 17.4. The van der Waals surface area contributed by atoms with E-state index in [-0.39, 0.29) is 19.1 Å². The van der Waals surface area contributed by atoms with Crippen molar-refractivity contribution >= 4 is 13.7 Å². The zero-order chi connectivity index (χ0) is 64.8. The topological polar surface area (TPSA) is 105 Å². The lowest BCUT2D eigenvalue weighted by atomic mass is 10.0. The average Bonchev–Trinajstić information content (AvgIpc) is 3.57. The Morgan fingerprint density at radius 1 is 0.393 bits per heavy atom. The maximum absolute atomic E-state index is 13.1. The van der Waals surface area contributed by atoms with Crippen molar-refractivity contribution in [3.05, 3.63) is 122 Å². The molecule has 0 saturated heterocycles. The Morgan fingerprint density at radius 2 is 0.685 bits per heavy atom. The zero-order valence-corrected chi connectivity index (χ0v) is 59.8. The van der Waals surface area contributed by atoms with E-state index in [0.717, 1.165) is 89.9 Å². The SMILES string of the molecule is CC/C=C\C/C=C\C/C=C\C/C=C\C/C=C\C/C=C\C/C=C\C/C=C\CCCCCCCCCCCCCCC(=O)NC(COP(=O)(O)OCC[N+](C)(C)C)C(O)/C=C/CC/C=C/CCCCCCCCCCCCCCCCCCCCCCCCCC. The Kier molecular flexibility index (Phi) is 66.8. The lowest BCUT2D eigenvalue weighted by Gasteiger charge is -2.25. The van der Waals surface area contributed by atoms with Crippen LogP contribution in [0.4, 0.5) is 0 Å². The molecule has 0 aromatic heterocycles. The van der Waals surface area contributed by atoms with Gasteiger partial charge >= 0.3 is 7.82 Å². The number of amides is 1. The minimum absolute atomic E-state index is 0.0514. The van der Waals surface area contributed by atoms with Gasteiger partial charge in [-0.2, -0.15) is 0 Å². The molecule has 0 bridgehead atoms. The molecule has 9 heteroatoms. The van der Waals surface area contributed by atoms with Gasteiger partial charge in [-0.3, -0.25) is 13.8 Å². The van der Waals surface area contributed by atoms with Crippen LogP contribution in [0.5, 0.6) is 0 Å². The first-order chi connectivity index (χ1) is 43.5. The maximum atomic E-state index is 13.1. The first-order valence-electron chi connectivity index (χ1n) is 37.4. The van der Waals surface area contributed by atoms with Gasteiger partial charge in [0.2, 0.25) is 5.91 Å². The van der Waals surface area contributed by atoms with Gasteiger partial charge in [0.05, 0.1) is 39.9 Å². The molecule has 1 amide bonds. The summed E-state index contributed by atoms with van der Waals surface area (Å²) in [7, 11) is 1.55. The number of nitrogens with one attached hydrogen (secondary N) is 1. The standard InChI is InChI=1S/C80H143N2O6P/c1-6-8-10-12-14-16-18-20-22-24-26-28-30-32-34-36-38-39-40-41-42-43-44-46-48-50-52-54-56-58-60-62-64-66-68-70-72-74-80(84)81-78(77-88-89(85,86)87-76-75-82(3,4)5)79(83)73-71-69-67-65-63-61-59-57-55-53-51-49-47-45-37-35-33-31-29-27-25-23-21-19-17-15-13-11-9-7-2/h8,10,14,16,20,22,26,28,32,34,38-39,41-42,44,46,63,65,71,73,78-79,83H,6-7,9,11-13,15,17-19,21,23-25,27,29-31,33,35-37,40,43,45,47-62,64,66-70,72,74-77H2,1-5H3,(H-,81,84,85,86)/p+1/b10-8-,16-14-,22-20-,28-26-,34-32-,39-38-,42-41-,46-44-,65-63+,73-71+. The monoisotopic (exact) mass is 1260 g/mol. The fourth-order valence-corrected chi connectivity index (χ4v) is 11.4. The van der Waals surface area contributed by atoms with Gasteiger partial charge in [0.25, 0.3) is 0 Å². The summed E-state index contributed by atoms with van der Waals surface area (Å²) < 4.78 is 23.8. The average molecular weight is 1260 g/mol. The second kappa shape index (κ2) is 69.2. The molecular weight excluding hydrogens is 1120 g/mol. The molecule has 0 aliphatic carbocycles. The molecule has 0 aromatic rings. The molecule has 0 rings (SSSR count). The number of hydrogen-bond donors (Lipinski definition) is 3. The molecule has 0 aliphatic heterocycles. The van der Waals surface area contributed by atoms with Gasteiger partial charge in [-0.15, -0.1) is 0 Å². The number of hydrogen-bond acceptors (Lipinski definition) is 5. The molecule has 0 aromatic carbocycles. The summed E-state index contributed by atoms with van der Waals surface area (Å²) >= 11 is 0. The van der Waals surface area contributed by atoms with Crippen LogP contribution in [0.15, 0.2) is 122 Å². The molecule has 0 spiro atoms. The number of phosphoric acid groups is 1. The second-order valence-electron chi connectivity index (χ2n) is 26.3. The van der Waals surface area contributed by atoms with Crippen LogP contribution in [-0.4, -0.2) is 73.4 Å². The van der Waals surface area contributed by atoms with Gasteiger partial charge in [0.1, 0.15) is 13.2 Å². The number of likely N-dealkylation sites (N-methyl/N-ethyl adjacent to an activating group) is 1. The highest BCUT2D eigenvalue weighted by atomic mass is 31.2. The van der Waals surface area contributed by atoms with Crippen molar-refractivity contribution in [2.45, 2.75) is 341 Å². The van der Waals surface area contributed by atoms with Gasteiger partial charge in [-0.25, -0.2) is 4.57 Å². The molecule has 0 heterocycles. The number of quaternary nitrogens is 1. The molecule has 0 fully saturated rings. The molecule has 8 nitrogen and oxygen atoms in total. The van der Waals surface area contributed by atoms with Crippen LogP contribution < -0.4 is 5.32 Å². The molecule has 0 saturated carbocycles. The van der Waals surface area contributed by atoms with Gasteiger partial charge < -0.3 is 19.8 Å². The quantitative estimate of drug-likeness (QED) is 0.0243. The van der Waals surface area contributed by atoms with Crippen LogP contribution in [0.2, 0.25) is 0 Å². The minimum atomic E-state index is -4.37. The summed E-state index contributed by atoms with van der Waals surface area (Å²) in [6.07, 6.45) is 104. The van der Waals surface area contributed by atoms with E-state index in [4.69, 9.17) is 9.05 Å². The van der Waals surface area contributed by atoms with Crippen molar-refractivity contribution in [2.24, 2.45) is 0 Å². The molecule has 3 atom stereocenters. The Bertz CT molecular complexity index is 1870. The summed E-state index contributed by atoms with van der Waals surface area (Å²) in [5.74, 6) is -0.190. The molecular formula is C80H144N2O6P+. The van der Waals surface area contributed by atoms with Crippen LogP contribution in [0.3, 0.4) is 0 Å². The number of aliphatic hydroxyl groups is 1. The fourth-order valence-electron chi connectivity index (χ4n) is 10.7. The van der Waals surface area contributed by atoms with E-state index in [2.05, 4.69) is 129 Å². The third kappa shape index (κ3) is 72.2. The molecule has 89 heavy (non-hydrogen) atoms. The summed E-state index contributed by atoms with van der Waals surface area (Å²) in [6, 6.07) is -0.874. The highest BCUT2D eigenvalue weighted by Crippen LogP contribution is 2.43. The second-order valence-corrected chi connectivity index (χ2v) is 27.7. The number of carbonyl (C=O) groups is 1. The summed E-state index contributed by atoms with van der Waals surface area (Å²) in [4.78, 5) is 23.5. The van der Waals surface area contributed by atoms with Crippen molar-refractivity contribution in [3.63, 3.8) is 0 Å². The van der Waals surface area contributed by atoms with Crippen molar-refractivity contribution < 1.29 is 32.9 Å². The van der Waals surface area contributed by atoms with Gasteiger partial charge in [-0.1, -0.05) is 347 Å². The predicted molar refractivity (Wildman–Crippen MR) is 392 cm³/mol. The fraction of sp³-hybridized carbons (Fsp3) is 0.738. The number of carbonyl (C=O) groups excluding carboxylic acids is 1. The van der Waals surface area contributed by atoms with Crippen molar-refractivity contribution in [3.8, 4) is 0 Å². The third-order valence-electron chi connectivity index (χ3n) is 16.4. The van der Waals surface area contributed by atoms with Gasteiger partial charge in [0, 0.05) is 6.42 Å². The Balaban J connectivity index is 4.11. The van der Waals surface area contributed by atoms with E-state index in [1.165, 1.54) is 218 Å². The normalized spacial score (nSPS) is 14.3. The zero-order valence-electron chi connectivity index (χ0n) is 58.9. The van der Waals surface area contributed by atoms with Crippen molar-refractivity contribution in [1.82, 2.24) is 5.32 Å². The minimum Gasteiger partial charge on any atom is -0.387 e.